The van der Waals surface area contributed by atoms with Gasteiger partial charge in [0.25, 0.3) is 5.95 Å². The summed E-state index contributed by atoms with van der Waals surface area (Å²) in [4.78, 5) is 11.4. The molecule has 0 atom stereocenters. The second kappa shape index (κ2) is 5.65. The summed E-state index contributed by atoms with van der Waals surface area (Å²) < 4.78 is 21.6. The van der Waals surface area contributed by atoms with Crippen LogP contribution in [0.3, 0.4) is 0 Å². The van der Waals surface area contributed by atoms with Gasteiger partial charge < -0.3 is 18.6 Å². The van der Waals surface area contributed by atoms with Crippen molar-refractivity contribution in [3.63, 3.8) is 0 Å². The zero-order valence-corrected chi connectivity index (χ0v) is 13.8. The highest BCUT2D eigenvalue weighted by molar-refractivity contribution is 5.86. The molecule has 1 aromatic heterocycles. The van der Waals surface area contributed by atoms with Crippen LogP contribution in [0.15, 0.2) is 28.7 Å². The Bertz CT molecular complexity index is 742. The maximum absolute atomic E-state index is 11.4. The summed E-state index contributed by atoms with van der Waals surface area (Å²) in [5, 5.41) is 0. The number of hydrogen-bond acceptors (Lipinski definition) is 5. The minimum atomic E-state index is -0.531. The number of methoxy groups -OCH3 is 1. The van der Waals surface area contributed by atoms with Gasteiger partial charge in [-0.25, -0.2) is 4.79 Å². The minimum Gasteiger partial charge on any atom is -0.493 e. The maximum atomic E-state index is 11.4. The van der Waals surface area contributed by atoms with E-state index >= 15 is 0 Å². The molecule has 0 aliphatic carbocycles. The normalized spacial score (nSPS) is 15.5. The largest absolute Gasteiger partial charge is 0.493 e. The van der Waals surface area contributed by atoms with Crippen LogP contribution in [0.1, 0.15) is 41.9 Å². The lowest BCUT2D eigenvalue weighted by molar-refractivity contribution is 0.0560. The smallest absolute Gasteiger partial charge is 0.374 e. The third kappa shape index (κ3) is 2.91. The van der Waals surface area contributed by atoms with Gasteiger partial charge in [0.2, 0.25) is 5.76 Å². The van der Waals surface area contributed by atoms with E-state index in [1.807, 2.05) is 19.1 Å². The number of rotatable bonds is 3. The molecule has 0 radical (unpaired) electrons. The van der Waals surface area contributed by atoms with Crippen LogP contribution in [0.5, 0.6) is 17.4 Å². The number of hydrogen-bond donors (Lipinski definition) is 0. The molecule has 1 aliphatic heterocycles. The van der Waals surface area contributed by atoms with Gasteiger partial charge in [0, 0.05) is 11.6 Å². The molecule has 2 aromatic rings. The van der Waals surface area contributed by atoms with E-state index in [9.17, 15) is 4.79 Å². The van der Waals surface area contributed by atoms with Gasteiger partial charge >= 0.3 is 5.97 Å². The molecule has 5 heteroatoms. The predicted molar refractivity (Wildman–Crippen MR) is 84.4 cm³/mol. The summed E-state index contributed by atoms with van der Waals surface area (Å²) in [5.41, 5.74) is 2.08. The van der Waals surface area contributed by atoms with Gasteiger partial charge in [-0.1, -0.05) is 13.8 Å². The topological polar surface area (TPSA) is 57.9 Å². The van der Waals surface area contributed by atoms with Crippen LogP contribution in [0.25, 0.3) is 0 Å². The first kappa shape index (κ1) is 15.5. The Hall–Kier alpha value is -2.43. The fourth-order valence-electron chi connectivity index (χ4n) is 2.66. The maximum Gasteiger partial charge on any atom is 0.374 e. The molecule has 0 saturated carbocycles. The van der Waals surface area contributed by atoms with Gasteiger partial charge in [-0.2, -0.15) is 0 Å². The average molecular weight is 316 g/mol. The van der Waals surface area contributed by atoms with Crippen molar-refractivity contribution in [1.29, 1.82) is 0 Å². The van der Waals surface area contributed by atoms with Crippen molar-refractivity contribution in [2.45, 2.75) is 32.6 Å². The number of esters is 1. The van der Waals surface area contributed by atoms with Gasteiger partial charge in [0.1, 0.15) is 11.5 Å². The molecule has 0 saturated heterocycles. The van der Waals surface area contributed by atoms with Gasteiger partial charge in [-0.05, 0) is 42.5 Å². The summed E-state index contributed by atoms with van der Waals surface area (Å²) >= 11 is 0. The Kier molecular flexibility index (Phi) is 3.80. The molecule has 0 bridgehead atoms. The number of aryl methyl sites for hydroxylation is 1. The van der Waals surface area contributed by atoms with Crippen molar-refractivity contribution in [2.75, 3.05) is 13.7 Å². The Balaban J connectivity index is 1.91. The summed E-state index contributed by atoms with van der Waals surface area (Å²) in [6, 6.07) is 7.11. The zero-order chi connectivity index (χ0) is 16.6. The van der Waals surface area contributed by atoms with E-state index in [1.165, 1.54) is 13.2 Å². The fourth-order valence-corrected chi connectivity index (χ4v) is 2.66. The molecule has 0 spiro atoms. The van der Waals surface area contributed by atoms with Crippen LogP contribution >= 0.6 is 0 Å². The molecule has 3 rings (SSSR count). The van der Waals surface area contributed by atoms with Crippen molar-refractivity contribution in [3.05, 3.63) is 41.2 Å². The fraction of sp³-hybridized carbons (Fsp3) is 0.389. The quantitative estimate of drug-likeness (QED) is 0.793. The Morgan fingerprint density at radius 1 is 1.26 bits per heavy atom. The molecule has 0 unspecified atom stereocenters. The molecule has 1 aliphatic rings. The monoisotopic (exact) mass is 316 g/mol. The van der Waals surface area contributed by atoms with Gasteiger partial charge in [0.05, 0.1) is 13.7 Å². The third-order valence-electron chi connectivity index (χ3n) is 4.17. The lowest BCUT2D eigenvalue weighted by Crippen LogP contribution is -2.26. The zero-order valence-electron chi connectivity index (χ0n) is 13.8. The second-order valence-electron chi connectivity index (χ2n) is 6.31. The van der Waals surface area contributed by atoms with Crippen LogP contribution < -0.4 is 9.47 Å². The molecular formula is C18H20O5. The highest BCUT2D eigenvalue weighted by atomic mass is 16.6. The summed E-state index contributed by atoms with van der Waals surface area (Å²) in [6.07, 6.45) is 0.954. The van der Waals surface area contributed by atoms with Crippen LogP contribution in [-0.4, -0.2) is 19.7 Å². The first-order valence-corrected chi connectivity index (χ1v) is 7.54. The number of fused-ring (bicyclic) bond motifs is 1. The van der Waals surface area contributed by atoms with E-state index in [0.717, 1.165) is 29.9 Å². The molecular weight excluding hydrogens is 296 g/mol. The van der Waals surface area contributed by atoms with Crippen LogP contribution in [0, 0.1) is 6.92 Å². The van der Waals surface area contributed by atoms with E-state index in [4.69, 9.17) is 13.9 Å². The van der Waals surface area contributed by atoms with E-state index in [-0.39, 0.29) is 17.1 Å². The van der Waals surface area contributed by atoms with E-state index < -0.39 is 5.97 Å². The number of benzene rings is 1. The van der Waals surface area contributed by atoms with E-state index in [0.29, 0.717) is 5.75 Å². The molecule has 0 amide bonds. The van der Waals surface area contributed by atoms with Gasteiger partial charge in [0.15, 0.2) is 0 Å². The van der Waals surface area contributed by atoms with Crippen molar-refractivity contribution >= 4 is 5.97 Å². The highest BCUT2D eigenvalue weighted by Gasteiger charge is 2.30. The van der Waals surface area contributed by atoms with Crippen LogP contribution in [0.2, 0.25) is 0 Å². The van der Waals surface area contributed by atoms with Crippen molar-refractivity contribution < 1.29 is 23.4 Å². The molecule has 122 valence electrons. The van der Waals surface area contributed by atoms with Crippen molar-refractivity contribution in [2.24, 2.45) is 0 Å². The highest BCUT2D eigenvalue weighted by Crippen LogP contribution is 2.42. The van der Waals surface area contributed by atoms with Gasteiger partial charge in [-0.3, -0.25) is 0 Å². The standard InChI is InChI=1S/C18H20O5/c1-11-9-15-12(18(2,3)7-8-21-15)10-14(11)23-16-6-5-13(22-16)17(19)20-4/h5-6,9-10H,7-8H2,1-4H3. The lowest BCUT2D eigenvalue weighted by Gasteiger charge is -2.33. The number of ether oxygens (including phenoxy) is 3. The lowest BCUT2D eigenvalue weighted by atomic mass is 9.79. The summed E-state index contributed by atoms with van der Waals surface area (Å²) in [6.45, 7) is 7.05. The molecule has 2 heterocycles. The molecule has 0 N–H and O–H groups in total. The van der Waals surface area contributed by atoms with Crippen LogP contribution in [-0.2, 0) is 10.2 Å². The predicted octanol–water partition coefficient (Wildman–Crippen LogP) is 4.23. The summed E-state index contributed by atoms with van der Waals surface area (Å²) in [5.74, 6) is 1.43. The van der Waals surface area contributed by atoms with E-state index in [1.54, 1.807) is 6.07 Å². The SMILES string of the molecule is COC(=O)c1ccc(Oc2cc3c(cc2C)OCCC3(C)C)o1. The van der Waals surface area contributed by atoms with E-state index in [2.05, 4.69) is 18.6 Å². The first-order valence-electron chi connectivity index (χ1n) is 7.54. The summed E-state index contributed by atoms with van der Waals surface area (Å²) in [7, 11) is 1.31. The molecule has 0 fully saturated rings. The number of carbonyl (C=O) groups excluding carboxylic acids is 1. The van der Waals surface area contributed by atoms with Crippen LogP contribution in [0.4, 0.5) is 0 Å². The molecule has 23 heavy (non-hydrogen) atoms. The second-order valence-corrected chi connectivity index (χ2v) is 6.31. The van der Waals surface area contributed by atoms with Crippen molar-refractivity contribution in [3.8, 4) is 17.4 Å². The average Bonchev–Trinajstić information content (AvgIpc) is 2.96. The number of furan rings is 1. The molecule has 5 nitrogen and oxygen atoms in total. The minimum absolute atomic E-state index is 0.0275. The number of carbonyl (C=O) groups is 1. The molecule has 1 aromatic carbocycles. The Labute approximate surface area is 135 Å². The first-order chi connectivity index (χ1) is 10.9. The Morgan fingerprint density at radius 3 is 2.78 bits per heavy atom. The Morgan fingerprint density at radius 2 is 2.04 bits per heavy atom. The third-order valence-corrected chi connectivity index (χ3v) is 4.17. The van der Waals surface area contributed by atoms with Gasteiger partial charge in [-0.15, -0.1) is 0 Å². The van der Waals surface area contributed by atoms with Crippen molar-refractivity contribution in [1.82, 2.24) is 0 Å².